The molecule has 1 aromatic heterocycles. The third-order valence-corrected chi connectivity index (χ3v) is 5.66. The van der Waals surface area contributed by atoms with Crippen molar-refractivity contribution in [3.05, 3.63) is 53.3 Å². The predicted octanol–water partition coefficient (Wildman–Crippen LogP) is 2.59. The van der Waals surface area contributed by atoms with Crippen LogP contribution in [0.3, 0.4) is 0 Å². The summed E-state index contributed by atoms with van der Waals surface area (Å²) in [5.41, 5.74) is -0.0877. The zero-order valence-electron chi connectivity index (χ0n) is 18.9. The molecule has 8 nitrogen and oxygen atoms in total. The molecule has 1 aliphatic rings. The molecule has 34 heavy (non-hydrogen) atoms. The van der Waals surface area contributed by atoms with Crippen molar-refractivity contribution in [3.63, 3.8) is 0 Å². The zero-order chi connectivity index (χ0) is 24.7. The predicted molar refractivity (Wildman–Crippen MR) is 117 cm³/mol. The molecule has 2 aromatic rings. The summed E-state index contributed by atoms with van der Waals surface area (Å²) in [5, 5.41) is 8.78. The van der Waals surface area contributed by atoms with Gasteiger partial charge in [0, 0.05) is 18.8 Å². The van der Waals surface area contributed by atoms with Gasteiger partial charge >= 0.3 is 6.18 Å². The Morgan fingerprint density at radius 2 is 1.91 bits per heavy atom. The van der Waals surface area contributed by atoms with E-state index in [1.54, 1.807) is 4.90 Å². The second kappa shape index (κ2) is 11.2. The van der Waals surface area contributed by atoms with Crippen LogP contribution in [0.25, 0.3) is 0 Å². The lowest BCUT2D eigenvalue weighted by molar-refractivity contribution is -0.141. The van der Waals surface area contributed by atoms with Crippen LogP contribution in [0.2, 0.25) is 0 Å². The molecular formula is C23H28F3N5O3. The largest absolute Gasteiger partial charge is 0.435 e. The monoisotopic (exact) mass is 479 g/mol. The van der Waals surface area contributed by atoms with Crippen LogP contribution in [0.5, 0.6) is 0 Å². The standard InChI is InChI=1S/C23H28F3N5O3/c1-16-12-19(23(24,25)26)29-31(16)15-21(33)28-14-22(34)30-11-7-3-6-10-27-20(32)13-18(30)17-8-4-2-5-9-17/h2,4-5,8-9,12,18H,3,6-7,10-11,13-15H2,1H3,(H,27,32)(H,28,33)/t18-/m0/s1. The number of amides is 3. The summed E-state index contributed by atoms with van der Waals surface area (Å²) in [7, 11) is 0. The van der Waals surface area contributed by atoms with Crippen molar-refractivity contribution in [2.45, 2.75) is 51.4 Å². The number of rotatable bonds is 5. The van der Waals surface area contributed by atoms with E-state index in [0.717, 1.165) is 35.6 Å². The molecule has 0 radical (unpaired) electrons. The van der Waals surface area contributed by atoms with E-state index in [4.69, 9.17) is 0 Å². The number of alkyl halides is 3. The first kappa shape index (κ1) is 25.3. The summed E-state index contributed by atoms with van der Waals surface area (Å²) in [6.45, 7) is 1.65. The SMILES string of the molecule is Cc1cc(C(F)(F)F)nn1CC(=O)NCC(=O)N1CCCCCNC(=O)C[C@H]1c1ccccc1. The minimum atomic E-state index is -4.61. The summed E-state index contributed by atoms with van der Waals surface area (Å²) in [4.78, 5) is 39.5. The van der Waals surface area contributed by atoms with E-state index in [1.165, 1.54) is 6.92 Å². The number of carbonyl (C=O) groups is 3. The van der Waals surface area contributed by atoms with Gasteiger partial charge in [-0.15, -0.1) is 0 Å². The molecule has 1 fully saturated rings. The number of aryl methyl sites for hydroxylation is 1. The lowest BCUT2D eigenvalue weighted by atomic mass is 10.00. The number of carbonyl (C=O) groups excluding carboxylic acids is 3. The number of hydrogen-bond acceptors (Lipinski definition) is 4. The second-order valence-electron chi connectivity index (χ2n) is 8.23. The molecule has 1 aromatic carbocycles. The van der Waals surface area contributed by atoms with E-state index >= 15 is 0 Å². The molecule has 1 atom stereocenters. The third kappa shape index (κ3) is 6.82. The van der Waals surface area contributed by atoms with Gasteiger partial charge in [0.15, 0.2) is 5.69 Å². The molecule has 184 valence electrons. The van der Waals surface area contributed by atoms with Crippen molar-refractivity contribution in [1.82, 2.24) is 25.3 Å². The van der Waals surface area contributed by atoms with Gasteiger partial charge < -0.3 is 15.5 Å². The summed E-state index contributed by atoms with van der Waals surface area (Å²) >= 11 is 0. The number of hydrogen-bond donors (Lipinski definition) is 2. The lowest BCUT2D eigenvalue weighted by Gasteiger charge is -2.33. The van der Waals surface area contributed by atoms with Crippen molar-refractivity contribution >= 4 is 17.7 Å². The van der Waals surface area contributed by atoms with Gasteiger partial charge in [0.25, 0.3) is 0 Å². The molecule has 0 spiro atoms. The molecule has 0 bridgehead atoms. The van der Waals surface area contributed by atoms with Crippen LogP contribution < -0.4 is 10.6 Å². The smallest absolute Gasteiger partial charge is 0.356 e. The van der Waals surface area contributed by atoms with Crippen LogP contribution in [0.15, 0.2) is 36.4 Å². The molecule has 3 rings (SSSR count). The van der Waals surface area contributed by atoms with Crippen molar-refractivity contribution in [2.75, 3.05) is 19.6 Å². The normalized spacial score (nSPS) is 17.7. The average molecular weight is 480 g/mol. The van der Waals surface area contributed by atoms with Crippen molar-refractivity contribution in [3.8, 4) is 0 Å². The Morgan fingerprint density at radius 1 is 1.18 bits per heavy atom. The van der Waals surface area contributed by atoms with Gasteiger partial charge in [-0.2, -0.15) is 18.3 Å². The number of halogens is 3. The van der Waals surface area contributed by atoms with Gasteiger partial charge in [-0.25, -0.2) is 0 Å². The van der Waals surface area contributed by atoms with Gasteiger partial charge in [0.1, 0.15) is 6.54 Å². The Kier molecular flexibility index (Phi) is 8.30. The lowest BCUT2D eigenvalue weighted by Crippen LogP contribution is -2.45. The minimum absolute atomic E-state index is 0.0937. The van der Waals surface area contributed by atoms with Crippen LogP contribution in [0, 0.1) is 6.92 Å². The maximum absolute atomic E-state index is 13.1. The van der Waals surface area contributed by atoms with Gasteiger partial charge in [0.05, 0.1) is 19.0 Å². The van der Waals surface area contributed by atoms with Crippen LogP contribution in [0.1, 0.15) is 48.7 Å². The summed E-state index contributed by atoms with van der Waals surface area (Å²) in [5.74, 6) is -1.17. The van der Waals surface area contributed by atoms with Crippen LogP contribution in [0.4, 0.5) is 13.2 Å². The zero-order valence-corrected chi connectivity index (χ0v) is 18.9. The molecule has 0 aliphatic carbocycles. The topological polar surface area (TPSA) is 96.3 Å². The van der Waals surface area contributed by atoms with Gasteiger partial charge in [0.2, 0.25) is 17.7 Å². The highest BCUT2D eigenvalue weighted by Gasteiger charge is 2.34. The maximum Gasteiger partial charge on any atom is 0.435 e. The Morgan fingerprint density at radius 3 is 2.59 bits per heavy atom. The molecule has 2 N–H and O–H groups in total. The van der Waals surface area contributed by atoms with Crippen LogP contribution in [-0.4, -0.2) is 52.0 Å². The second-order valence-corrected chi connectivity index (χ2v) is 8.23. The van der Waals surface area contributed by atoms with E-state index < -0.39 is 30.4 Å². The van der Waals surface area contributed by atoms with Gasteiger partial charge in [-0.3, -0.25) is 19.1 Å². The number of benzene rings is 1. The summed E-state index contributed by atoms with van der Waals surface area (Å²) < 4.78 is 39.5. The Balaban J connectivity index is 1.69. The first-order chi connectivity index (χ1) is 16.1. The summed E-state index contributed by atoms with van der Waals surface area (Å²) in [6, 6.07) is 9.57. The van der Waals surface area contributed by atoms with Crippen molar-refractivity contribution in [2.24, 2.45) is 0 Å². The van der Waals surface area contributed by atoms with E-state index in [-0.39, 0.29) is 30.5 Å². The molecule has 1 saturated heterocycles. The van der Waals surface area contributed by atoms with Crippen molar-refractivity contribution in [1.29, 1.82) is 0 Å². The molecule has 2 heterocycles. The molecule has 3 amide bonds. The Hall–Kier alpha value is -3.37. The highest BCUT2D eigenvalue weighted by molar-refractivity contribution is 5.85. The maximum atomic E-state index is 13.1. The molecule has 1 aliphatic heterocycles. The minimum Gasteiger partial charge on any atom is -0.356 e. The quantitative estimate of drug-likeness (QED) is 0.689. The molecular weight excluding hydrogens is 451 g/mol. The first-order valence-electron chi connectivity index (χ1n) is 11.1. The number of nitrogens with one attached hydrogen (secondary N) is 2. The van der Waals surface area contributed by atoms with Crippen LogP contribution >= 0.6 is 0 Å². The van der Waals surface area contributed by atoms with E-state index in [0.29, 0.717) is 13.1 Å². The Bertz CT molecular complexity index is 1010. The third-order valence-electron chi connectivity index (χ3n) is 5.66. The molecule has 11 heteroatoms. The molecule has 0 saturated carbocycles. The van der Waals surface area contributed by atoms with E-state index in [9.17, 15) is 27.6 Å². The molecule has 0 unspecified atom stereocenters. The fourth-order valence-corrected chi connectivity index (χ4v) is 3.87. The Labute approximate surface area is 195 Å². The van der Waals surface area contributed by atoms with Crippen LogP contribution in [-0.2, 0) is 27.1 Å². The number of aromatic nitrogens is 2. The highest BCUT2D eigenvalue weighted by Crippen LogP contribution is 2.28. The van der Waals surface area contributed by atoms with Gasteiger partial charge in [-0.1, -0.05) is 30.3 Å². The first-order valence-corrected chi connectivity index (χ1v) is 11.1. The van der Waals surface area contributed by atoms with E-state index in [2.05, 4.69) is 15.7 Å². The highest BCUT2D eigenvalue weighted by atomic mass is 19.4. The van der Waals surface area contributed by atoms with Gasteiger partial charge in [-0.05, 0) is 37.8 Å². The summed E-state index contributed by atoms with van der Waals surface area (Å²) in [6.07, 6.45) is -2.13. The average Bonchev–Trinajstić information content (AvgIpc) is 3.17. The fraction of sp³-hybridized carbons (Fsp3) is 0.478. The van der Waals surface area contributed by atoms with E-state index in [1.807, 2.05) is 30.3 Å². The fourth-order valence-electron chi connectivity index (χ4n) is 3.87. The number of nitrogens with zero attached hydrogens (tertiary/aromatic N) is 3. The van der Waals surface area contributed by atoms with Crippen molar-refractivity contribution < 1.29 is 27.6 Å².